The summed E-state index contributed by atoms with van der Waals surface area (Å²) in [5.41, 5.74) is 0.976. The number of anilines is 1. The molecule has 98 valence electrons. The van der Waals surface area contributed by atoms with Gasteiger partial charge in [0.15, 0.2) is 0 Å². The Morgan fingerprint density at radius 3 is 2.26 bits per heavy atom. The summed E-state index contributed by atoms with van der Waals surface area (Å²) in [4.78, 5) is 10.7. The summed E-state index contributed by atoms with van der Waals surface area (Å²) in [6.07, 6.45) is 0.767. The molecule has 0 aliphatic carbocycles. The molecule has 5 heteroatoms. The largest absolute Gasteiger partial charge is 0.303 e. The van der Waals surface area contributed by atoms with Crippen LogP contribution in [0.1, 0.15) is 5.56 Å². The van der Waals surface area contributed by atoms with E-state index in [1.165, 1.54) is 6.07 Å². The van der Waals surface area contributed by atoms with Crippen LogP contribution in [0.25, 0.3) is 0 Å². The summed E-state index contributed by atoms with van der Waals surface area (Å²) >= 11 is 0. The summed E-state index contributed by atoms with van der Waals surface area (Å²) in [7, 11) is -3.68. The van der Waals surface area contributed by atoms with Crippen molar-refractivity contribution in [1.82, 2.24) is 0 Å². The molecule has 0 bridgehead atoms. The normalized spacial score (nSPS) is 10.9. The molecule has 0 amide bonds. The predicted octanol–water partition coefficient (Wildman–Crippen LogP) is 2.23. The molecule has 0 aliphatic rings. The van der Waals surface area contributed by atoms with Crippen LogP contribution in [-0.2, 0) is 21.2 Å². The van der Waals surface area contributed by atoms with Crippen LogP contribution in [0.5, 0.6) is 0 Å². The van der Waals surface area contributed by atoms with E-state index in [-0.39, 0.29) is 11.3 Å². The molecule has 2 rings (SSSR count). The minimum Gasteiger partial charge on any atom is -0.303 e. The van der Waals surface area contributed by atoms with Gasteiger partial charge >= 0.3 is 0 Å². The zero-order valence-electron chi connectivity index (χ0n) is 10.1. The molecule has 0 saturated carbocycles. The minimum atomic E-state index is -3.68. The van der Waals surface area contributed by atoms with E-state index in [9.17, 15) is 13.2 Å². The third-order valence-corrected chi connectivity index (χ3v) is 4.07. The number of carbonyl (C=O) groups is 1. The van der Waals surface area contributed by atoms with Crippen molar-refractivity contribution in [2.24, 2.45) is 0 Å². The Hall–Kier alpha value is -2.14. The minimum absolute atomic E-state index is 0.0753. The summed E-state index contributed by atoms with van der Waals surface area (Å²) in [6.45, 7) is 0. The first-order valence-electron chi connectivity index (χ1n) is 5.73. The average molecular weight is 275 g/mol. The van der Waals surface area contributed by atoms with Gasteiger partial charge in [-0.15, -0.1) is 0 Å². The van der Waals surface area contributed by atoms with E-state index in [1.807, 2.05) is 0 Å². The van der Waals surface area contributed by atoms with Crippen molar-refractivity contribution < 1.29 is 13.2 Å². The molecule has 19 heavy (non-hydrogen) atoms. The molecule has 0 unspecified atom stereocenters. The van der Waals surface area contributed by atoms with E-state index < -0.39 is 10.0 Å². The highest BCUT2D eigenvalue weighted by molar-refractivity contribution is 7.92. The molecule has 0 heterocycles. The van der Waals surface area contributed by atoms with Gasteiger partial charge in [0, 0.05) is 12.1 Å². The highest BCUT2D eigenvalue weighted by Crippen LogP contribution is 2.19. The van der Waals surface area contributed by atoms with Crippen LogP contribution in [0.3, 0.4) is 0 Å². The molecule has 2 aromatic carbocycles. The van der Waals surface area contributed by atoms with Crippen LogP contribution in [0.4, 0.5) is 5.69 Å². The van der Waals surface area contributed by atoms with Crippen molar-refractivity contribution >= 4 is 22.0 Å². The third-order valence-electron chi connectivity index (χ3n) is 2.59. The lowest BCUT2D eigenvalue weighted by Gasteiger charge is -2.10. The molecule has 0 atom stereocenters. The lowest BCUT2D eigenvalue weighted by Crippen LogP contribution is -2.15. The lowest BCUT2D eigenvalue weighted by molar-refractivity contribution is -0.107. The van der Waals surface area contributed by atoms with Gasteiger partial charge in [-0.2, -0.15) is 0 Å². The molecular weight excluding hydrogens is 262 g/mol. The second-order valence-electron chi connectivity index (χ2n) is 3.95. The molecule has 4 nitrogen and oxygen atoms in total. The summed E-state index contributed by atoms with van der Waals surface area (Å²) in [5, 5.41) is 0. The van der Waals surface area contributed by atoms with Gasteiger partial charge in [0.2, 0.25) is 0 Å². The van der Waals surface area contributed by atoms with Crippen molar-refractivity contribution in [3.8, 4) is 0 Å². The van der Waals surface area contributed by atoms with Gasteiger partial charge in [0.25, 0.3) is 10.0 Å². The highest BCUT2D eigenvalue weighted by Gasteiger charge is 2.17. The third kappa shape index (κ3) is 3.20. The second-order valence-corrected chi connectivity index (χ2v) is 5.60. The van der Waals surface area contributed by atoms with Gasteiger partial charge in [-0.05, 0) is 23.8 Å². The molecule has 0 aliphatic heterocycles. The van der Waals surface area contributed by atoms with Crippen LogP contribution in [0.2, 0.25) is 0 Å². The Kier molecular flexibility index (Phi) is 3.97. The molecule has 2 aromatic rings. The van der Waals surface area contributed by atoms with Crippen molar-refractivity contribution in [2.75, 3.05) is 4.72 Å². The smallest absolute Gasteiger partial charge is 0.262 e. The van der Waals surface area contributed by atoms with Crippen molar-refractivity contribution in [3.05, 3.63) is 60.2 Å². The van der Waals surface area contributed by atoms with Crippen LogP contribution >= 0.6 is 0 Å². The number of hydrogen-bond acceptors (Lipinski definition) is 3. The molecule has 0 radical (unpaired) electrons. The van der Waals surface area contributed by atoms with Gasteiger partial charge in [-0.25, -0.2) is 8.42 Å². The maximum atomic E-state index is 12.3. The maximum absolute atomic E-state index is 12.3. The predicted molar refractivity (Wildman–Crippen MR) is 73.5 cm³/mol. The van der Waals surface area contributed by atoms with Crippen LogP contribution in [0, 0.1) is 0 Å². The van der Waals surface area contributed by atoms with E-state index in [4.69, 9.17) is 0 Å². The number of sulfonamides is 1. The zero-order chi connectivity index (χ0) is 13.7. The molecule has 0 spiro atoms. The Labute approximate surface area is 112 Å². The SMILES string of the molecule is O=CCc1ccccc1S(=O)(=O)Nc1ccccc1. The van der Waals surface area contributed by atoms with E-state index in [1.54, 1.807) is 48.5 Å². The number of rotatable bonds is 5. The Bertz CT molecular complexity index is 666. The molecule has 0 saturated heterocycles. The van der Waals surface area contributed by atoms with Gasteiger partial charge < -0.3 is 4.79 Å². The number of hydrogen-bond donors (Lipinski definition) is 1. The number of benzene rings is 2. The lowest BCUT2D eigenvalue weighted by atomic mass is 10.2. The van der Waals surface area contributed by atoms with Crippen LogP contribution in [-0.4, -0.2) is 14.7 Å². The van der Waals surface area contributed by atoms with Gasteiger partial charge in [-0.3, -0.25) is 4.72 Å². The Morgan fingerprint density at radius 2 is 1.58 bits per heavy atom. The first kappa shape index (κ1) is 13.3. The number of nitrogens with one attached hydrogen (secondary N) is 1. The second kappa shape index (κ2) is 5.67. The first-order valence-corrected chi connectivity index (χ1v) is 7.21. The number of para-hydroxylation sites is 1. The maximum Gasteiger partial charge on any atom is 0.262 e. The van der Waals surface area contributed by atoms with E-state index in [2.05, 4.69) is 4.72 Å². The fourth-order valence-corrected chi connectivity index (χ4v) is 3.05. The van der Waals surface area contributed by atoms with Gasteiger partial charge in [-0.1, -0.05) is 36.4 Å². The molecule has 1 N–H and O–H groups in total. The van der Waals surface area contributed by atoms with Crippen molar-refractivity contribution in [3.63, 3.8) is 0 Å². The van der Waals surface area contributed by atoms with Gasteiger partial charge in [0.05, 0.1) is 4.90 Å². The quantitative estimate of drug-likeness (QED) is 0.851. The summed E-state index contributed by atoms with van der Waals surface area (Å²) in [6, 6.07) is 15.1. The Morgan fingerprint density at radius 1 is 0.947 bits per heavy atom. The highest BCUT2D eigenvalue weighted by atomic mass is 32.2. The fourth-order valence-electron chi connectivity index (χ4n) is 1.74. The Balaban J connectivity index is 2.37. The molecular formula is C14H13NO3S. The number of aldehydes is 1. The van der Waals surface area contributed by atoms with Crippen LogP contribution < -0.4 is 4.72 Å². The average Bonchev–Trinajstić information content (AvgIpc) is 2.40. The fraction of sp³-hybridized carbons (Fsp3) is 0.0714. The standard InChI is InChI=1S/C14H13NO3S/c16-11-10-12-6-4-5-9-14(12)19(17,18)15-13-7-2-1-3-8-13/h1-9,11,15H,10H2. The van der Waals surface area contributed by atoms with E-state index >= 15 is 0 Å². The summed E-state index contributed by atoms with van der Waals surface area (Å²) < 4.78 is 27.0. The van der Waals surface area contributed by atoms with E-state index in [0.717, 1.165) is 0 Å². The molecule has 0 fully saturated rings. The van der Waals surface area contributed by atoms with Crippen molar-refractivity contribution in [2.45, 2.75) is 11.3 Å². The monoisotopic (exact) mass is 275 g/mol. The van der Waals surface area contributed by atoms with Crippen molar-refractivity contribution in [1.29, 1.82) is 0 Å². The molecule has 0 aromatic heterocycles. The summed E-state index contributed by atoms with van der Waals surface area (Å²) in [5.74, 6) is 0. The van der Waals surface area contributed by atoms with E-state index in [0.29, 0.717) is 17.5 Å². The number of carbonyl (C=O) groups excluding carboxylic acids is 1. The first-order chi connectivity index (χ1) is 9.13. The zero-order valence-corrected chi connectivity index (χ0v) is 10.9. The van der Waals surface area contributed by atoms with Gasteiger partial charge in [0.1, 0.15) is 6.29 Å². The van der Waals surface area contributed by atoms with Crippen LogP contribution in [0.15, 0.2) is 59.5 Å². The topological polar surface area (TPSA) is 63.2 Å².